The van der Waals surface area contributed by atoms with Crippen LogP contribution < -0.4 is 9.80 Å². The fourth-order valence-electron chi connectivity index (χ4n) is 6.78. The molecule has 2 aliphatic heterocycles. The Bertz CT molecular complexity index is 2210. The number of Topliss-reactive ketones (excluding diaryl/α,β-unsaturated/α-hetero) is 2. The van der Waals surface area contributed by atoms with Crippen molar-refractivity contribution >= 4 is 56.9 Å². The molecule has 14 nitrogen and oxygen atoms in total. The number of piperazine rings is 2. The van der Waals surface area contributed by atoms with Gasteiger partial charge in [0.25, 0.3) is 0 Å². The number of hydrogen-bond acceptors (Lipinski definition) is 10. The summed E-state index contributed by atoms with van der Waals surface area (Å²) in [7, 11) is 0. The number of azide groups is 2. The molecule has 2 radical (unpaired) electrons. The average molecular weight is 1070 g/mol. The summed E-state index contributed by atoms with van der Waals surface area (Å²) in [5.74, 6) is -0.606. The van der Waals surface area contributed by atoms with Gasteiger partial charge in [0.15, 0.2) is 11.6 Å². The Balaban J connectivity index is 0.000000550. The van der Waals surface area contributed by atoms with Crippen molar-refractivity contribution in [2.75, 3.05) is 75.2 Å². The molecular weight excluding hydrogens is 1020 g/mol. The van der Waals surface area contributed by atoms with E-state index in [9.17, 15) is 19.8 Å². The second kappa shape index (κ2) is 26.7. The Kier molecular flexibility index (Phi) is 24.3. The number of carbonyl (C=O) groups is 2. The number of rotatable bonds is 10. The van der Waals surface area contributed by atoms with Crippen molar-refractivity contribution in [3.8, 4) is 24.3 Å². The van der Waals surface area contributed by atoms with Crippen LogP contribution in [0.3, 0.4) is 0 Å². The zero-order valence-corrected chi connectivity index (χ0v) is 41.5. The van der Waals surface area contributed by atoms with E-state index in [4.69, 9.17) is 11.1 Å². The van der Waals surface area contributed by atoms with Gasteiger partial charge in [-0.1, -0.05) is 62.8 Å². The number of aryl methyl sites for hydroxylation is 4. The Morgan fingerprint density at radius 3 is 1.55 bits per heavy atom. The Labute approximate surface area is 417 Å². The van der Waals surface area contributed by atoms with Crippen LogP contribution in [0.15, 0.2) is 64.8 Å². The standard InChI is InChI=1S/C20H21IN5O2.C20H22N5O2.C2H2.CH4.2Y/c1-13-3-4-18(14(2)9-13)26-7-5-25(6-8-26)12-20(28)15-10-16(21)17(23-24-22)11-19(15)27;1-14-3-6-18(15(2)11-14)25-9-7-24(8-10-25)13-20(27)17-5-4-16(22-23-21)12-19(17)26;1-2;;;/h3,9-11,27H,5-8,12H2,1-2H3;3-5,11-12,26H,7-10,13H2,1-2H3;1-2H;1H4;;/q2*-1;;;;/i21-2;;;;;. The van der Waals surface area contributed by atoms with Gasteiger partial charge in [0.05, 0.1) is 29.9 Å². The van der Waals surface area contributed by atoms with Gasteiger partial charge in [-0.15, -0.1) is 24.0 Å². The maximum absolute atomic E-state index is 12.7. The quantitative estimate of drug-likeness (QED) is 0.0300. The minimum atomic E-state index is -0.159. The van der Waals surface area contributed by atoms with Gasteiger partial charge < -0.3 is 20.0 Å². The van der Waals surface area contributed by atoms with E-state index in [0.717, 1.165) is 63.7 Å². The van der Waals surface area contributed by atoms with Gasteiger partial charge in [-0.25, -0.2) is 0 Å². The maximum Gasteiger partial charge on any atom is 0.180 e. The van der Waals surface area contributed by atoms with Crippen LogP contribution in [-0.2, 0) is 65.4 Å². The molecule has 0 bridgehead atoms. The number of carbonyl (C=O) groups excluding carboxylic acids is 2. The van der Waals surface area contributed by atoms with Gasteiger partial charge in [0, 0.05) is 137 Å². The summed E-state index contributed by atoms with van der Waals surface area (Å²) in [6, 6.07) is 22.3. The zero-order valence-electron chi connectivity index (χ0n) is 33.6. The van der Waals surface area contributed by atoms with Crippen molar-refractivity contribution in [2.45, 2.75) is 35.1 Å². The van der Waals surface area contributed by atoms with Crippen LogP contribution >= 0.6 is 22.6 Å². The van der Waals surface area contributed by atoms with E-state index in [1.807, 2.05) is 34.7 Å². The third-order valence-corrected chi connectivity index (χ3v) is 10.4. The van der Waals surface area contributed by atoms with Crippen LogP contribution in [0.25, 0.3) is 20.9 Å². The molecule has 4 aromatic carbocycles. The first-order chi connectivity index (χ1) is 27.4. The molecule has 2 saturated heterocycles. The number of phenols is 2. The van der Waals surface area contributed by atoms with E-state index in [1.165, 1.54) is 46.5 Å². The summed E-state index contributed by atoms with van der Waals surface area (Å²) in [6.45, 7) is 15.2. The molecule has 0 saturated carbocycles. The van der Waals surface area contributed by atoms with Crippen LogP contribution in [-0.4, -0.2) is 97.0 Å². The molecule has 0 amide bonds. The molecule has 2 N–H and O–H groups in total. The molecule has 310 valence electrons. The summed E-state index contributed by atoms with van der Waals surface area (Å²) in [5, 5.41) is 27.1. The Morgan fingerprint density at radius 2 is 1.13 bits per heavy atom. The third kappa shape index (κ3) is 15.1. The molecule has 0 atom stereocenters. The number of hydrogen-bond donors (Lipinski definition) is 2. The summed E-state index contributed by atoms with van der Waals surface area (Å²) in [6.07, 6.45) is 8.00. The van der Waals surface area contributed by atoms with Gasteiger partial charge in [-0.3, -0.25) is 19.4 Å². The van der Waals surface area contributed by atoms with Crippen molar-refractivity contribution in [3.05, 3.63) is 125 Å². The molecule has 0 unspecified atom stereocenters. The molecule has 4 aromatic rings. The molecule has 2 fully saturated rings. The average Bonchev–Trinajstić information content (AvgIpc) is 3.18. The molecule has 0 aromatic heterocycles. The van der Waals surface area contributed by atoms with E-state index in [1.54, 1.807) is 6.07 Å². The Morgan fingerprint density at radius 1 is 0.700 bits per heavy atom. The predicted octanol–water partition coefficient (Wildman–Crippen LogP) is 9.00. The van der Waals surface area contributed by atoms with E-state index in [-0.39, 0.29) is 126 Å². The molecule has 6 rings (SSSR count). The van der Waals surface area contributed by atoms with Gasteiger partial charge in [-0.2, -0.15) is 47.5 Å². The van der Waals surface area contributed by atoms with Crippen LogP contribution in [0.1, 0.15) is 50.4 Å². The van der Waals surface area contributed by atoms with E-state index in [2.05, 4.69) is 104 Å². The normalized spacial score (nSPS) is 13.4. The SMILES string of the molecule is C.C#C.Cc1c[c-]c(N2CCN(CC(=O)c3cc([125I])c(N=[N+]=[N-])cc3O)CC2)c(C)c1.Cc1c[c-]c(N2CCN(CC(=O)c3ccc(N=[N+]=[N-])cc3O)CC2)c(C)c1.[Y].[Y]. The van der Waals surface area contributed by atoms with Crippen molar-refractivity contribution in [3.63, 3.8) is 0 Å². The molecule has 2 aliphatic rings. The largest absolute Gasteiger partial charge is 0.507 e. The van der Waals surface area contributed by atoms with Gasteiger partial charge in [0.1, 0.15) is 11.5 Å². The molecule has 17 heteroatoms. The van der Waals surface area contributed by atoms with E-state index in [0.29, 0.717) is 9.26 Å². The summed E-state index contributed by atoms with van der Waals surface area (Å²) >= 11 is 1.99. The predicted molar refractivity (Wildman–Crippen MR) is 239 cm³/mol. The van der Waals surface area contributed by atoms with Crippen molar-refractivity contribution in [2.24, 2.45) is 10.2 Å². The first-order valence-corrected chi connectivity index (χ1v) is 19.2. The minimum Gasteiger partial charge on any atom is -0.507 e. The summed E-state index contributed by atoms with van der Waals surface area (Å²) in [4.78, 5) is 39.4. The monoisotopic (exact) mass is 1070 g/mol. The van der Waals surface area contributed by atoms with Crippen molar-refractivity contribution in [1.29, 1.82) is 0 Å². The van der Waals surface area contributed by atoms with Gasteiger partial charge in [0.2, 0.25) is 0 Å². The fraction of sp³-hybridized carbons (Fsp3) is 0.349. The smallest absolute Gasteiger partial charge is 0.180 e. The maximum atomic E-state index is 12.7. The molecule has 60 heavy (non-hydrogen) atoms. The molecule has 0 aliphatic carbocycles. The van der Waals surface area contributed by atoms with E-state index >= 15 is 0 Å². The van der Waals surface area contributed by atoms with Crippen molar-refractivity contribution < 1.29 is 85.2 Å². The first-order valence-electron chi connectivity index (χ1n) is 18.1. The van der Waals surface area contributed by atoms with Crippen LogP contribution in [0.4, 0.5) is 22.7 Å². The minimum absolute atomic E-state index is 0. The first kappa shape index (κ1) is 54.5. The van der Waals surface area contributed by atoms with Crippen LogP contribution in [0.2, 0.25) is 0 Å². The second-order valence-corrected chi connectivity index (χ2v) is 14.9. The number of terminal acetylenes is 1. The molecular formula is C43H49IN10O4Y2-2. The van der Waals surface area contributed by atoms with Gasteiger partial charge >= 0.3 is 0 Å². The Hall–Kier alpha value is -3.54. The number of aromatic hydroxyl groups is 2. The summed E-state index contributed by atoms with van der Waals surface area (Å²) in [5.41, 5.74) is 25.2. The van der Waals surface area contributed by atoms with Crippen LogP contribution in [0.5, 0.6) is 11.5 Å². The molecule has 2 heterocycles. The van der Waals surface area contributed by atoms with Crippen molar-refractivity contribution in [1.82, 2.24) is 9.80 Å². The molecule has 0 spiro atoms. The number of nitrogens with zero attached hydrogens (tertiary/aromatic N) is 10. The number of halogens is 1. The fourth-order valence-corrected chi connectivity index (χ4v) is 7.36. The number of ketones is 2. The number of anilines is 2. The van der Waals surface area contributed by atoms with Gasteiger partial charge in [-0.05, 0) is 57.9 Å². The zero-order chi connectivity index (χ0) is 41.6. The topological polar surface area (TPSA) is 185 Å². The number of phenolic OH excluding ortho intramolecular Hbond substituents is 2. The summed E-state index contributed by atoms with van der Waals surface area (Å²) < 4.78 is 0.631. The second-order valence-electron chi connectivity index (χ2n) is 13.7. The number of benzene rings is 4. The third-order valence-electron chi connectivity index (χ3n) is 9.58. The van der Waals surface area contributed by atoms with E-state index < -0.39 is 0 Å². The van der Waals surface area contributed by atoms with Crippen LogP contribution in [0, 0.1) is 56.2 Å².